The SMILES string of the molecule is CN(Cc1cccc(N)c1)CC1CCCC1. The van der Waals surface area contributed by atoms with E-state index in [-0.39, 0.29) is 0 Å². The predicted molar refractivity (Wildman–Crippen MR) is 69.1 cm³/mol. The fourth-order valence-electron chi connectivity index (χ4n) is 2.70. The van der Waals surface area contributed by atoms with Crippen LogP contribution in [0.3, 0.4) is 0 Å². The van der Waals surface area contributed by atoms with E-state index in [4.69, 9.17) is 5.73 Å². The summed E-state index contributed by atoms with van der Waals surface area (Å²) < 4.78 is 0. The maximum absolute atomic E-state index is 5.78. The summed E-state index contributed by atoms with van der Waals surface area (Å²) in [5.74, 6) is 0.922. The van der Waals surface area contributed by atoms with Gasteiger partial charge in [-0.3, -0.25) is 0 Å². The first kappa shape index (κ1) is 11.5. The molecule has 0 atom stereocenters. The van der Waals surface area contributed by atoms with Crippen molar-refractivity contribution in [2.24, 2.45) is 5.92 Å². The zero-order valence-corrected chi connectivity index (χ0v) is 10.2. The van der Waals surface area contributed by atoms with Crippen LogP contribution < -0.4 is 5.73 Å². The molecule has 0 amide bonds. The fraction of sp³-hybridized carbons (Fsp3) is 0.571. The van der Waals surface area contributed by atoms with Crippen LogP contribution in [0.5, 0.6) is 0 Å². The van der Waals surface area contributed by atoms with Gasteiger partial charge in [-0.05, 0) is 43.5 Å². The van der Waals surface area contributed by atoms with Crippen LogP contribution in [0, 0.1) is 5.92 Å². The molecule has 2 nitrogen and oxygen atoms in total. The van der Waals surface area contributed by atoms with Gasteiger partial charge in [-0.15, -0.1) is 0 Å². The van der Waals surface area contributed by atoms with Crippen LogP contribution in [0.15, 0.2) is 24.3 Å². The van der Waals surface area contributed by atoms with Gasteiger partial charge in [0.1, 0.15) is 0 Å². The Bertz CT molecular complexity index is 329. The maximum Gasteiger partial charge on any atom is 0.0317 e. The molecule has 1 aromatic carbocycles. The molecule has 0 saturated heterocycles. The molecule has 2 rings (SSSR count). The first-order chi connectivity index (χ1) is 7.74. The highest BCUT2D eigenvalue weighted by atomic mass is 15.1. The number of nitrogens with two attached hydrogens (primary N) is 1. The van der Waals surface area contributed by atoms with Crippen LogP contribution in [0.2, 0.25) is 0 Å². The number of hydrogen-bond donors (Lipinski definition) is 1. The molecular weight excluding hydrogens is 196 g/mol. The van der Waals surface area contributed by atoms with Gasteiger partial charge in [-0.1, -0.05) is 25.0 Å². The first-order valence-electron chi connectivity index (χ1n) is 6.27. The molecule has 1 fully saturated rings. The first-order valence-corrected chi connectivity index (χ1v) is 6.27. The third-order valence-electron chi connectivity index (χ3n) is 3.45. The fourth-order valence-corrected chi connectivity index (χ4v) is 2.70. The summed E-state index contributed by atoms with van der Waals surface area (Å²) in [6.07, 6.45) is 5.69. The van der Waals surface area contributed by atoms with Crippen molar-refractivity contribution in [2.45, 2.75) is 32.2 Å². The van der Waals surface area contributed by atoms with Crippen molar-refractivity contribution in [3.8, 4) is 0 Å². The molecule has 0 heterocycles. The molecule has 0 bridgehead atoms. The van der Waals surface area contributed by atoms with Crippen LogP contribution in [-0.4, -0.2) is 18.5 Å². The van der Waals surface area contributed by atoms with Gasteiger partial charge in [0.2, 0.25) is 0 Å². The number of anilines is 1. The molecular formula is C14H22N2. The molecule has 1 saturated carbocycles. The highest BCUT2D eigenvalue weighted by Gasteiger charge is 2.16. The summed E-state index contributed by atoms with van der Waals surface area (Å²) >= 11 is 0. The molecule has 2 N–H and O–H groups in total. The number of hydrogen-bond acceptors (Lipinski definition) is 2. The van der Waals surface area contributed by atoms with Gasteiger partial charge in [0.15, 0.2) is 0 Å². The molecule has 1 aliphatic carbocycles. The van der Waals surface area contributed by atoms with Crippen molar-refractivity contribution in [2.75, 3.05) is 19.3 Å². The molecule has 0 spiro atoms. The summed E-state index contributed by atoms with van der Waals surface area (Å²) in [5, 5.41) is 0. The van der Waals surface area contributed by atoms with Gasteiger partial charge in [0, 0.05) is 18.8 Å². The Hall–Kier alpha value is -1.02. The van der Waals surface area contributed by atoms with Crippen molar-refractivity contribution in [3.63, 3.8) is 0 Å². The van der Waals surface area contributed by atoms with Crippen LogP contribution in [0.4, 0.5) is 5.69 Å². The van der Waals surface area contributed by atoms with Crippen LogP contribution in [0.1, 0.15) is 31.2 Å². The summed E-state index contributed by atoms with van der Waals surface area (Å²) in [5.41, 5.74) is 7.97. The molecule has 0 radical (unpaired) electrons. The largest absolute Gasteiger partial charge is 0.399 e. The third kappa shape index (κ3) is 3.24. The number of benzene rings is 1. The Morgan fingerprint density at radius 3 is 2.75 bits per heavy atom. The lowest BCUT2D eigenvalue weighted by Crippen LogP contribution is -2.24. The van der Waals surface area contributed by atoms with Crippen molar-refractivity contribution in [1.29, 1.82) is 0 Å². The van der Waals surface area contributed by atoms with E-state index in [1.54, 1.807) is 0 Å². The second-order valence-corrected chi connectivity index (χ2v) is 5.09. The number of rotatable bonds is 4. The third-order valence-corrected chi connectivity index (χ3v) is 3.45. The molecule has 16 heavy (non-hydrogen) atoms. The van der Waals surface area contributed by atoms with E-state index in [2.05, 4.69) is 24.1 Å². The molecule has 88 valence electrons. The molecule has 0 aromatic heterocycles. The zero-order chi connectivity index (χ0) is 11.4. The lowest BCUT2D eigenvalue weighted by atomic mass is 10.1. The second kappa shape index (κ2) is 5.35. The Morgan fingerprint density at radius 1 is 1.31 bits per heavy atom. The Kier molecular flexibility index (Phi) is 3.83. The highest BCUT2D eigenvalue weighted by Crippen LogP contribution is 2.25. The average Bonchev–Trinajstić information content (AvgIpc) is 2.70. The normalized spacial score (nSPS) is 17.1. The summed E-state index contributed by atoms with van der Waals surface area (Å²) in [6, 6.07) is 8.21. The maximum atomic E-state index is 5.78. The Balaban J connectivity index is 1.84. The van der Waals surface area contributed by atoms with E-state index in [9.17, 15) is 0 Å². The second-order valence-electron chi connectivity index (χ2n) is 5.09. The lowest BCUT2D eigenvalue weighted by Gasteiger charge is -2.20. The number of nitrogens with zero attached hydrogens (tertiary/aromatic N) is 1. The highest BCUT2D eigenvalue weighted by molar-refractivity contribution is 5.40. The van der Waals surface area contributed by atoms with E-state index in [0.29, 0.717) is 0 Å². The van der Waals surface area contributed by atoms with Crippen LogP contribution in [0.25, 0.3) is 0 Å². The Morgan fingerprint density at radius 2 is 2.06 bits per heavy atom. The van der Waals surface area contributed by atoms with Crippen molar-refractivity contribution < 1.29 is 0 Å². The molecule has 2 heteroatoms. The predicted octanol–water partition coefficient (Wildman–Crippen LogP) is 2.89. The average molecular weight is 218 g/mol. The monoisotopic (exact) mass is 218 g/mol. The van der Waals surface area contributed by atoms with Crippen molar-refractivity contribution >= 4 is 5.69 Å². The van der Waals surface area contributed by atoms with Gasteiger partial charge < -0.3 is 10.6 Å². The van der Waals surface area contributed by atoms with Crippen molar-refractivity contribution in [3.05, 3.63) is 29.8 Å². The minimum atomic E-state index is 0.867. The Labute approximate surface area is 98.4 Å². The minimum Gasteiger partial charge on any atom is -0.399 e. The molecule has 1 aliphatic rings. The smallest absolute Gasteiger partial charge is 0.0317 e. The van der Waals surface area contributed by atoms with Gasteiger partial charge in [-0.25, -0.2) is 0 Å². The van der Waals surface area contributed by atoms with E-state index in [0.717, 1.165) is 18.2 Å². The summed E-state index contributed by atoms with van der Waals surface area (Å²) in [4.78, 5) is 2.42. The van der Waals surface area contributed by atoms with E-state index < -0.39 is 0 Å². The zero-order valence-electron chi connectivity index (χ0n) is 10.2. The lowest BCUT2D eigenvalue weighted by molar-refractivity contribution is 0.271. The summed E-state index contributed by atoms with van der Waals surface area (Å²) in [7, 11) is 2.21. The van der Waals surface area contributed by atoms with E-state index in [1.807, 2.05) is 12.1 Å². The topological polar surface area (TPSA) is 29.3 Å². The van der Waals surface area contributed by atoms with Gasteiger partial charge in [0.25, 0.3) is 0 Å². The van der Waals surface area contributed by atoms with E-state index in [1.165, 1.54) is 37.8 Å². The van der Waals surface area contributed by atoms with Crippen LogP contribution in [-0.2, 0) is 6.54 Å². The van der Waals surface area contributed by atoms with Gasteiger partial charge in [-0.2, -0.15) is 0 Å². The van der Waals surface area contributed by atoms with Crippen LogP contribution >= 0.6 is 0 Å². The van der Waals surface area contributed by atoms with Crippen molar-refractivity contribution in [1.82, 2.24) is 4.90 Å². The van der Waals surface area contributed by atoms with Gasteiger partial charge >= 0.3 is 0 Å². The van der Waals surface area contributed by atoms with Gasteiger partial charge in [0.05, 0.1) is 0 Å². The quantitative estimate of drug-likeness (QED) is 0.787. The molecule has 0 aliphatic heterocycles. The minimum absolute atomic E-state index is 0.867. The standard InChI is InChI=1S/C14H22N2/c1-16(10-12-5-2-3-6-12)11-13-7-4-8-14(15)9-13/h4,7-9,12H,2-3,5-6,10-11,15H2,1H3. The molecule has 0 unspecified atom stereocenters. The summed E-state index contributed by atoms with van der Waals surface area (Å²) in [6.45, 7) is 2.25. The number of nitrogen functional groups attached to an aromatic ring is 1. The van der Waals surface area contributed by atoms with E-state index >= 15 is 0 Å². The molecule has 1 aromatic rings.